The van der Waals surface area contributed by atoms with Gasteiger partial charge in [-0.3, -0.25) is 4.98 Å². The first-order valence-corrected chi connectivity index (χ1v) is 6.79. The molecule has 0 saturated carbocycles. The van der Waals surface area contributed by atoms with E-state index in [0.717, 1.165) is 21.1 Å². The summed E-state index contributed by atoms with van der Waals surface area (Å²) in [6.07, 6.45) is 1.28. The van der Waals surface area contributed by atoms with Gasteiger partial charge in [-0.1, -0.05) is 24.3 Å². The minimum absolute atomic E-state index is 0.428. The molecule has 2 aromatic heterocycles. The number of para-hydroxylation sites is 1. The molecule has 1 N–H and O–H groups in total. The molecule has 0 bridgehead atoms. The van der Waals surface area contributed by atoms with Crippen LogP contribution in [0.4, 0.5) is 0 Å². The van der Waals surface area contributed by atoms with Crippen LogP contribution < -0.4 is 0 Å². The predicted octanol–water partition coefficient (Wildman–Crippen LogP) is 3.87. The standard InChI is InChI=1S/C15H12BrNO2/c16-12-7-8-19-15(12)14(18)9-11-6-5-10-3-1-2-4-13(10)17-11/h1-8,14,18H,9H2. The van der Waals surface area contributed by atoms with Crippen molar-refractivity contribution in [1.29, 1.82) is 0 Å². The van der Waals surface area contributed by atoms with Gasteiger partial charge in [-0.2, -0.15) is 0 Å². The van der Waals surface area contributed by atoms with Crippen LogP contribution >= 0.6 is 15.9 Å². The molecule has 0 amide bonds. The summed E-state index contributed by atoms with van der Waals surface area (Å²) in [5, 5.41) is 11.2. The first-order valence-electron chi connectivity index (χ1n) is 5.99. The molecule has 96 valence electrons. The molecule has 0 saturated heterocycles. The van der Waals surface area contributed by atoms with Crippen LogP contribution in [0.5, 0.6) is 0 Å². The van der Waals surface area contributed by atoms with Crippen molar-refractivity contribution in [1.82, 2.24) is 4.98 Å². The number of rotatable bonds is 3. The molecule has 0 aliphatic heterocycles. The van der Waals surface area contributed by atoms with E-state index in [4.69, 9.17) is 4.42 Å². The van der Waals surface area contributed by atoms with Gasteiger partial charge in [-0.15, -0.1) is 0 Å². The maximum Gasteiger partial charge on any atom is 0.146 e. The number of fused-ring (bicyclic) bond motifs is 1. The Balaban J connectivity index is 1.87. The first kappa shape index (κ1) is 12.4. The van der Waals surface area contributed by atoms with Crippen LogP contribution in [0.2, 0.25) is 0 Å². The third-order valence-electron chi connectivity index (χ3n) is 3.01. The summed E-state index contributed by atoms with van der Waals surface area (Å²) in [5.74, 6) is 0.537. The smallest absolute Gasteiger partial charge is 0.146 e. The predicted molar refractivity (Wildman–Crippen MR) is 76.8 cm³/mol. The van der Waals surface area contributed by atoms with Crippen LogP contribution in [-0.4, -0.2) is 10.1 Å². The highest BCUT2D eigenvalue weighted by Gasteiger charge is 2.16. The van der Waals surface area contributed by atoms with Crippen LogP contribution in [0.25, 0.3) is 10.9 Å². The normalized spacial score (nSPS) is 12.7. The molecule has 1 aromatic carbocycles. The summed E-state index contributed by atoms with van der Waals surface area (Å²) in [6.45, 7) is 0. The maximum absolute atomic E-state index is 10.2. The molecule has 0 spiro atoms. The van der Waals surface area contributed by atoms with Gasteiger partial charge >= 0.3 is 0 Å². The Morgan fingerprint density at radius 3 is 2.79 bits per heavy atom. The fourth-order valence-electron chi connectivity index (χ4n) is 2.06. The largest absolute Gasteiger partial charge is 0.465 e. The van der Waals surface area contributed by atoms with Gasteiger partial charge in [0.05, 0.1) is 16.3 Å². The van der Waals surface area contributed by atoms with Crippen molar-refractivity contribution in [3.63, 3.8) is 0 Å². The van der Waals surface area contributed by atoms with Crippen LogP contribution in [0, 0.1) is 0 Å². The lowest BCUT2D eigenvalue weighted by Gasteiger charge is -2.08. The van der Waals surface area contributed by atoms with E-state index < -0.39 is 6.10 Å². The number of aliphatic hydroxyl groups excluding tert-OH is 1. The Bertz CT molecular complexity index is 708. The average Bonchev–Trinajstić information content (AvgIpc) is 2.85. The number of furan rings is 1. The maximum atomic E-state index is 10.2. The highest BCUT2D eigenvalue weighted by molar-refractivity contribution is 9.10. The van der Waals surface area contributed by atoms with Gasteiger partial charge in [0.15, 0.2) is 0 Å². The van der Waals surface area contributed by atoms with Crippen molar-refractivity contribution in [3.05, 3.63) is 64.7 Å². The van der Waals surface area contributed by atoms with Crippen LogP contribution in [0.15, 0.2) is 57.6 Å². The zero-order valence-corrected chi connectivity index (χ0v) is 11.7. The van der Waals surface area contributed by atoms with E-state index in [0.29, 0.717) is 12.2 Å². The van der Waals surface area contributed by atoms with E-state index in [1.165, 1.54) is 0 Å². The van der Waals surface area contributed by atoms with Crippen LogP contribution in [0.3, 0.4) is 0 Å². The van der Waals surface area contributed by atoms with Crippen molar-refractivity contribution in [2.75, 3.05) is 0 Å². The Morgan fingerprint density at radius 2 is 2.00 bits per heavy atom. The summed E-state index contributed by atoms with van der Waals surface area (Å²) in [5.41, 5.74) is 1.78. The Labute approximate surface area is 119 Å². The Hall–Kier alpha value is -1.65. The average molecular weight is 318 g/mol. The monoisotopic (exact) mass is 317 g/mol. The lowest BCUT2D eigenvalue weighted by Crippen LogP contribution is -2.03. The molecule has 3 rings (SSSR count). The molecule has 3 aromatic rings. The van der Waals surface area contributed by atoms with Crippen LogP contribution in [0.1, 0.15) is 17.6 Å². The lowest BCUT2D eigenvalue weighted by molar-refractivity contribution is 0.148. The van der Waals surface area contributed by atoms with Gasteiger partial charge in [0.1, 0.15) is 11.9 Å². The van der Waals surface area contributed by atoms with Crippen molar-refractivity contribution < 1.29 is 9.52 Å². The van der Waals surface area contributed by atoms with E-state index in [9.17, 15) is 5.11 Å². The summed E-state index contributed by atoms with van der Waals surface area (Å²) in [4.78, 5) is 4.54. The number of benzene rings is 1. The molecule has 0 fully saturated rings. The summed E-state index contributed by atoms with van der Waals surface area (Å²) in [7, 11) is 0. The number of pyridine rings is 1. The topological polar surface area (TPSA) is 46.3 Å². The molecule has 4 heteroatoms. The van der Waals surface area contributed by atoms with Gasteiger partial charge in [-0.05, 0) is 34.1 Å². The van der Waals surface area contributed by atoms with Crippen molar-refractivity contribution in [3.8, 4) is 0 Å². The molecule has 0 aliphatic rings. The fraction of sp³-hybridized carbons (Fsp3) is 0.133. The molecule has 2 heterocycles. The Kier molecular flexibility index (Phi) is 3.36. The number of hydrogen-bond acceptors (Lipinski definition) is 3. The van der Waals surface area contributed by atoms with Gasteiger partial charge < -0.3 is 9.52 Å². The fourth-order valence-corrected chi connectivity index (χ4v) is 2.52. The summed E-state index contributed by atoms with van der Waals surface area (Å²) < 4.78 is 6.04. The second kappa shape index (κ2) is 5.15. The number of nitrogens with zero attached hydrogens (tertiary/aromatic N) is 1. The summed E-state index contributed by atoms with van der Waals surface area (Å²) in [6, 6.07) is 13.6. The molecule has 0 aliphatic carbocycles. The summed E-state index contributed by atoms with van der Waals surface area (Å²) >= 11 is 3.35. The third kappa shape index (κ3) is 2.55. The molecule has 1 unspecified atom stereocenters. The minimum Gasteiger partial charge on any atom is -0.465 e. The first-order chi connectivity index (χ1) is 9.24. The zero-order valence-electron chi connectivity index (χ0n) is 10.1. The number of halogens is 1. The third-order valence-corrected chi connectivity index (χ3v) is 3.66. The Morgan fingerprint density at radius 1 is 1.16 bits per heavy atom. The minimum atomic E-state index is -0.696. The van der Waals surface area contributed by atoms with Gasteiger partial charge in [0.2, 0.25) is 0 Å². The quantitative estimate of drug-likeness (QED) is 0.797. The lowest BCUT2D eigenvalue weighted by atomic mass is 10.1. The van der Waals surface area contributed by atoms with E-state index in [2.05, 4.69) is 20.9 Å². The molecule has 0 radical (unpaired) electrons. The number of aromatic nitrogens is 1. The highest BCUT2D eigenvalue weighted by Crippen LogP contribution is 2.27. The SMILES string of the molecule is OC(Cc1ccc2ccccc2n1)c1occc1Br. The number of aliphatic hydroxyl groups is 1. The van der Waals surface area contributed by atoms with Gasteiger partial charge in [0, 0.05) is 17.5 Å². The van der Waals surface area contributed by atoms with E-state index in [-0.39, 0.29) is 0 Å². The van der Waals surface area contributed by atoms with Crippen molar-refractivity contribution in [2.24, 2.45) is 0 Å². The van der Waals surface area contributed by atoms with E-state index in [1.54, 1.807) is 12.3 Å². The molecule has 3 nitrogen and oxygen atoms in total. The van der Waals surface area contributed by atoms with Crippen LogP contribution in [-0.2, 0) is 6.42 Å². The highest BCUT2D eigenvalue weighted by atomic mass is 79.9. The second-order valence-electron chi connectivity index (χ2n) is 4.35. The van der Waals surface area contributed by atoms with E-state index >= 15 is 0 Å². The number of hydrogen-bond donors (Lipinski definition) is 1. The van der Waals surface area contributed by atoms with Crippen molar-refractivity contribution >= 4 is 26.8 Å². The van der Waals surface area contributed by atoms with Crippen molar-refractivity contribution in [2.45, 2.75) is 12.5 Å². The van der Waals surface area contributed by atoms with Gasteiger partial charge in [0.25, 0.3) is 0 Å². The molecular formula is C15H12BrNO2. The molecule has 19 heavy (non-hydrogen) atoms. The van der Waals surface area contributed by atoms with E-state index in [1.807, 2.05) is 36.4 Å². The zero-order chi connectivity index (χ0) is 13.2. The molecular weight excluding hydrogens is 306 g/mol. The van der Waals surface area contributed by atoms with Gasteiger partial charge in [-0.25, -0.2) is 0 Å². The molecule has 1 atom stereocenters. The second-order valence-corrected chi connectivity index (χ2v) is 5.20.